The van der Waals surface area contributed by atoms with Crippen molar-refractivity contribution < 1.29 is 14.3 Å². The van der Waals surface area contributed by atoms with Gasteiger partial charge in [-0.05, 0) is 24.3 Å². The van der Waals surface area contributed by atoms with Crippen LogP contribution in [-0.4, -0.2) is 22.6 Å². The van der Waals surface area contributed by atoms with E-state index in [-0.39, 0.29) is 17.5 Å². The van der Waals surface area contributed by atoms with Crippen molar-refractivity contribution in [2.45, 2.75) is 6.04 Å². The summed E-state index contributed by atoms with van der Waals surface area (Å²) in [5, 5.41) is 12.1. The molecule has 0 bridgehead atoms. The Morgan fingerprint density at radius 1 is 1.44 bits per heavy atom. The van der Waals surface area contributed by atoms with Gasteiger partial charge in [0.15, 0.2) is 0 Å². The molecule has 0 aliphatic carbocycles. The number of aliphatic hydroxyl groups excluding tert-OH is 1. The fourth-order valence-corrected chi connectivity index (χ4v) is 1.63. The van der Waals surface area contributed by atoms with Gasteiger partial charge in [-0.15, -0.1) is 0 Å². The Balaban J connectivity index is 2.11. The van der Waals surface area contributed by atoms with Gasteiger partial charge < -0.3 is 14.8 Å². The maximum Gasteiger partial charge on any atom is 0.270 e. The normalized spacial score (nSPS) is 12.1. The van der Waals surface area contributed by atoms with Crippen molar-refractivity contribution >= 4 is 17.5 Å². The number of aliphatic hydroxyl groups is 1. The van der Waals surface area contributed by atoms with E-state index >= 15 is 0 Å². The van der Waals surface area contributed by atoms with Crippen LogP contribution in [0.25, 0.3) is 0 Å². The summed E-state index contributed by atoms with van der Waals surface area (Å²) in [5.74, 6) is 0.0563. The van der Waals surface area contributed by atoms with E-state index < -0.39 is 11.9 Å². The minimum atomic E-state index is -0.603. The monoisotopic (exact) mass is 266 g/mol. The predicted molar refractivity (Wildman–Crippen MR) is 65.2 cm³/mol. The number of amides is 1. The van der Waals surface area contributed by atoms with E-state index in [2.05, 4.69) is 10.3 Å². The van der Waals surface area contributed by atoms with Gasteiger partial charge in [-0.3, -0.25) is 4.79 Å². The Bertz CT molecular complexity index is 528. The van der Waals surface area contributed by atoms with Gasteiger partial charge in [-0.1, -0.05) is 17.7 Å². The first-order chi connectivity index (χ1) is 8.70. The van der Waals surface area contributed by atoms with Gasteiger partial charge in [-0.25, -0.2) is 4.98 Å². The van der Waals surface area contributed by atoms with Crippen molar-refractivity contribution in [3.8, 4) is 0 Å². The third kappa shape index (κ3) is 2.88. The van der Waals surface area contributed by atoms with Crippen LogP contribution in [0.5, 0.6) is 0 Å². The summed E-state index contributed by atoms with van der Waals surface area (Å²) in [6, 6.07) is 7.50. The fourth-order valence-electron chi connectivity index (χ4n) is 1.46. The van der Waals surface area contributed by atoms with Gasteiger partial charge in [0.2, 0.25) is 0 Å². The standard InChI is InChI=1S/C12H11ClN2O3/c13-11-5-1-3-8(14-11)12(17)15-9(7-16)10-4-2-6-18-10/h1-6,9,16H,7H2,(H,15,17). The summed E-state index contributed by atoms with van der Waals surface area (Å²) in [6.07, 6.45) is 1.47. The molecule has 94 valence electrons. The van der Waals surface area contributed by atoms with Crippen LogP contribution in [0.3, 0.4) is 0 Å². The van der Waals surface area contributed by atoms with Crippen LogP contribution in [0.2, 0.25) is 5.15 Å². The molecule has 0 spiro atoms. The van der Waals surface area contributed by atoms with Crippen molar-refractivity contribution in [3.05, 3.63) is 53.2 Å². The Morgan fingerprint density at radius 3 is 2.89 bits per heavy atom. The number of aromatic nitrogens is 1. The lowest BCUT2D eigenvalue weighted by Crippen LogP contribution is -2.31. The third-order valence-electron chi connectivity index (χ3n) is 2.32. The summed E-state index contributed by atoms with van der Waals surface area (Å²) in [6.45, 7) is -0.264. The summed E-state index contributed by atoms with van der Waals surface area (Å²) in [7, 11) is 0. The van der Waals surface area contributed by atoms with E-state index in [9.17, 15) is 9.90 Å². The number of pyridine rings is 1. The second-order valence-corrected chi connectivity index (χ2v) is 3.96. The predicted octanol–water partition coefficient (Wildman–Crippen LogP) is 1.79. The highest BCUT2D eigenvalue weighted by Gasteiger charge is 2.17. The second-order valence-electron chi connectivity index (χ2n) is 3.57. The van der Waals surface area contributed by atoms with Gasteiger partial charge in [0.1, 0.15) is 22.6 Å². The van der Waals surface area contributed by atoms with E-state index in [1.54, 1.807) is 24.3 Å². The zero-order chi connectivity index (χ0) is 13.0. The SMILES string of the molecule is O=C(NC(CO)c1ccco1)c1cccc(Cl)n1. The average molecular weight is 267 g/mol. The smallest absolute Gasteiger partial charge is 0.270 e. The van der Waals surface area contributed by atoms with Crippen LogP contribution in [0.1, 0.15) is 22.3 Å². The van der Waals surface area contributed by atoms with Crippen LogP contribution in [0.15, 0.2) is 41.0 Å². The maximum atomic E-state index is 11.9. The summed E-state index contributed by atoms with van der Waals surface area (Å²) < 4.78 is 5.13. The molecule has 2 N–H and O–H groups in total. The number of rotatable bonds is 4. The van der Waals surface area contributed by atoms with Crippen molar-refractivity contribution in [2.75, 3.05) is 6.61 Å². The molecular weight excluding hydrogens is 256 g/mol. The fraction of sp³-hybridized carbons (Fsp3) is 0.167. The lowest BCUT2D eigenvalue weighted by molar-refractivity contribution is 0.0902. The first-order valence-corrected chi connectivity index (χ1v) is 5.66. The van der Waals surface area contributed by atoms with Crippen molar-refractivity contribution in [3.63, 3.8) is 0 Å². The molecule has 1 unspecified atom stereocenters. The highest BCUT2D eigenvalue weighted by molar-refractivity contribution is 6.29. The number of nitrogens with zero attached hydrogens (tertiary/aromatic N) is 1. The van der Waals surface area contributed by atoms with Crippen molar-refractivity contribution in [2.24, 2.45) is 0 Å². The van der Waals surface area contributed by atoms with E-state index in [0.29, 0.717) is 5.76 Å². The first kappa shape index (κ1) is 12.6. The summed E-state index contributed by atoms with van der Waals surface area (Å²) >= 11 is 5.70. The van der Waals surface area contributed by atoms with Crippen LogP contribution < -0.4 is 5.32 Å². The van der Waals surface area contributed by atoms with Crippen LogP contribution in [0, 0.1) is 0 Å². The molecular formula is C12H11ClN2O3. The molecule has 0 aliphatic heterocycles. The van der Waals surface area contributed by atoms with Gasteiger partial charge in [0.25, 0.3) is 5.91 Å². The molecule has 0 aliphatic rings. The molecule has 0 saturated heterocycles. The number of furan rings is 1. The van der Waals surface area contributed by atoms with E-state index in [0.717, 1.165) is 0 Å². The zero-order valence-electron chi connectivity index (χ0n) is 9.34. The largest absolute Gasteiger partial charge is 0.467 e. The quantitative estimate of drug-likeness (QED) is 0.828. The summed E-state index contributed by atoms with van der Waals surface area (Å²) in [5.41, 5.74) is 0.188. The molecule has 1 atom stereocenters. The van der Waals surface area contributed by atoms with Gasteiger partial charge in [0, 0.05) is 0 Å². The van der Waals surface area contributed by atoms with Crippen LogP contribution >= 0.6 is 11.6 Å². The van der Waals surface area contributed by atoms with Crippen LogP contribution in [0.4, 0.5) is 0 Å². The average Bonchev–Trinajstić information content (AvgIpc) is 2.89. The second kappa shape index (κ2) is 5.66. The highest BCUT2D eigenvalue weighted by Crippen LogP contribution is 2.13. The molecule has 0 saturated carbocycles. The number of carbonyl (C=O) groups excluding carboxylic acids is 1. The number of carbonyl (C=O) groups is 1. The van der Waals surface area contributed by atoms with E-state index in [1.807, 2.05) is 0 Å². The molecule has 2 aromatic heterocycles. The minimum absolute atomic E-state index is 0.188. The zero-order valence-corrected chi connectivity index (χ0v) is 10.1. The van der Waals surface area contributed by atoms with Gasteiger partial charge in [-0.2, -0.15) is 0 Å². The number of hydrogen-bond donors (Lipinski definition) is 2. The Labute approximate surface area is 108 Å². The molecule has 0 aromatic carbocycles. The minimum Gasteiger partial charge on any atom is -0.467 e. The van der Waals surface area contributed by atoms with E-state index in [1.165, 1.54) is 12.3 Å². The summed E-state index contributed by atoms with van der Waals surface area (Å²) in [4.78, 5) is 15.8. The van der Waals surface area contributed by atoms with Crippen molar-refractivity contribution in [1.82, 2.24) is 10.3 Å². The molecule has 2 aromatic rings. The Kier molecular flexibility index (Phi) is 3.96. The van der Waals surface area contributed by atoms with Gasteiger partial charge in [0.05, 0.1) is 12.9 Å². The lowest BCUT2D eigenvalue weighted by atomic mass is 10.2. The number of hydrogen-bond acceptors (Lipinski definition) is 4. The number of halogens is 1. The molecule has 0 radical (unpaired) electrons. The molecule has 6 heteroatoms. The molecule has 1 amide bonds. The van der Waals surface area contributed by atoms with Crippen molar-refractivity contribution in [1.29, 1.82) is 0 Å². The highest BCUT2D eigenvalue weighted by atomic mass is 35.5. The first-order valence-electron chi connectivity index (χ1n) is 5.28. The van der Waals surface area contributed by atoms with Gasteiger partial charge >= 0.3 is 0 Å². The van der Waals surface area contributed by atoms with Crippen LogP contribution in [-0.2, 0) is 0 Å². The number of nitrogens with one attached hydrogen (secondary N) is 1. The molecule has 5 nitrogen and oxygen atoms in total. The third-order valence-corrected chi connectivity index (χ3v) is 2.53. The molecule has 18 heavy (non-hydrogen) atoms. The molecule has 2 heterocycles. The van der Waals surface area contributed by atoms with E-state index in [4.69, 9.17) is 16.0 Å². The molecule has 2 rings (SSSR count). The topological polar surface area (TPSA) is 75.4 Å². The maximum absolute atomic E-state index is 11.9. The lowest BCUT2D eigenvalue weighted by Gasteiger charge is -2.13. The Morgan fingerprint density at radius 2 is 2.28 bits per heavy atom. The Hall–Kier alpha value is -1.85. The molecule has 0 fully saturated rings.